The van der Waals surface area contributed by atoms with Gasteiger partial charge in [0.25, 0.3) is 5.91 Å². The Morgan fingerprint density at radius 1 is 1.06 bits per heavy atom. The largest absolute Gasteiger partial charge is 0.495 e. The van der Waals surface area contributed by atoms with E-state index in [4.69, 9.17) is 9.15 Å². The average Bonchev–Trinajstić information content (AvgIpc) is 3.51. The number of ether oxygens (including phenoxy) is 1. The Morgan fingerprint density at radius 3 is 2.59 bits per heavy atom. The molecule has 0 fully saturated rings. The summed E-state index contributed by atoms with van der Waals surface area (Å²) in [4.78, 5) is 28.7. The lowest BCUT2D eigenvalue weighted by Crippen LogP contribution is -2.37. The van der Waals surface area contributed by atoms with Crippen molar-refractivity contribution >= 4 is 17.5 Å². The van der Waals surface area contributed by atoms with E-state index in [1.807, 2.05) is 30.3 Å². The fourth-order valence-corrected chi connectivity index (χ4v) is 3.11. The first-order valence-electron chi connectivity index (χ1n) is 9.86. The summed E-state index contributed by atoms with van der Waals surface area (Å²) >= 11 is 0. The van der Waals surface area contributed by atoms with Crippen LogP contribution in [0.2, 0.25) is 0 Å². The van der Waals surface area contributed by atoms with Crippen LogP contribution in [-0.2, 0) is 11.3 Å². The van der Waals surface area contributed by atoms with Crippen molar-refractivity contribution in [3.05, 3.63) is 90.6 Å². The zero-order valence-electron chi connectivity index (χ0n) is 17.3. The third-order valence-corrected chi connectivity index (χ3v) is 4.63. The fourth-order valence-electron chi connectivity index (χ4n) is 3.11. The second kappa shape index (κ2) is 9.61. The maximum atomic E-state index is 13.2. The van der Waals surface area contributed by atoms with Crippen molar-refractivity contribution in [1.82, 2.24) is 19.9 Å². The van der Waals surface area contributed by atoms with Crippen molar-refractivity contribution in [1.29, 1.82) is 0 Å². The number of benzene rings is 2. The van der Waals surface area contributed by atoms with Gasteiger partial charge in [0.15, 0.2) is 5.69 Å². The molecule has 4 rings (SSSR count). The van der Waals surface area contributed by atoms with Gasteiger partial charge in [-0.2, -0.15) is 9.90 Å². The van der Waals surface area contributed by atoms with E-state index in [0.29, 0.717) is 17.2 Å². The summed E-state index contributed by atoms with van der Waals surface area (Å²) in [6.45, 7) is -0.112. The molecule has 0 radical (unpaired) electrons. The smallest absolute Gasteiger partial charge is 0.276 e. The second-order valence-electron chi connectivity index (χ2n) is 6.84. The lowest BCUT2D eigenvalue weighted by atomic mass is 10.3. The first-order chi connectivity index (χ1) is 15.6. The van der Waals surface area contributed by atoms with Crippen molar-refractivity contribution in [3.63, 3.8) is 0 Å². The normalized spacial score (nSPS) is 10.5. The SMILES string of the molecule is COc1ccccc1NC(=O)CN(Cc1ccco1)C(=O)c1cnn(-c2ccccc2)n1. The minimum absolute atomic E-state index is 0.101. The molecular formula is C23H21N5O4. The number of amides is 2. The van der Waals surface area contributed by atoms with Gasteiger partial charge in [-0.05, 0) is 36.4 Å². The number of carbonyl (C=O) groups is 2. The molecule has 0 aliphatic carbocycles. The Bertz CT molecular complexity index is 1190. The molecule has 0 bridgehead atoms. The zero-order valence-corrected chi connectivity index (χ0v) is 17.3. The van der Waals surface area contributed by atoms with Crippen molar-refractivity contribution in [2.75, 3.05) is 19.0 Å². The quantitative estimate of drug-likeness (QED) is 0.460. The summed E-state index contributed by atoms with van der Waals surface area (Å²) in [5, 5.41) is 11.2. The number of hydrogen-bond acceptors (Lipinski definition) is 6. The topological polar surface area (TPSA) is 102 Å². The van der Waals surface area contributed by atoms with Gasteiger partial charge in [0.05, 0.1) is 37.5 Å². The third kappa shape index (κ3) is 4.84. The predicted molar refractivity (Wildman–Crippen MR) is 116 cm³/mol. The van der Waals surface area contributed by atoms with Gasteiger partial charge in [-0.15, -0.1) is 5.10 Å². The van der Waals surface area contributed by atoms with Gasteiger partial charge >= 0.3 is 0 Å². The number of rotatable bonds is 8. The van der Waals surface area contributed by atoms with Crippen molar-refractivity contribution in [2.24, 2.45) is 0 Å². The molecule has 0 unspecified atom stereocenters. The van der Waals surface area contributed by atoms with E-state index in [0.717, 1.165) is 5.69 Å². The number of carbonyl (C=O) groups excluding carboxylic acids is 2. The highest BCUT2D eigenvalue weighted by Crippen LogP contribution is 2.23. The third-order valence-electron chi connectivity index (χ3n) is 4.63. The van der Waals surface area contributed by atoms with Crippen LogP contribution in [0.5, 0.6) is 5.75 Å². The van der Waals surface area contributed by atoms with E-state index < -0.39 is 5.91 Å². The maximum absolute atomic E-state index is 13.2. The monoisotopic (exact) mass is 431 g/mol. The summed E-state index contributed by atoms with van der Waals surface area (Å²) in [6.07, 6.45) is 2.89. The maximum Gasteiger partial charge on any atom is 0.276 e. The number of nitrogens with zero attached hydrogens (tertiary/aromatic N) is 4. The Morgan fingerprint density at radius 2 is 1.84 bits per heavy atom. The summed E-state index contributed by atoms with van der Waals surface area (Å²) in [7, 11) is 1.52. The lowest BCUT2D eigenvalue weighted by Gasteiger charge is -2.20. The Kier molecular flexibility index (Phi) is 6.26. The molecule has 162 valence electrons. The Hall–Kier alpha value is -4.40. The molecule has 0 atom stereocenters. The molecule has 2 aromatic heterocycles. The molecule has 1 N–H and O–H groups in total. The van der Waals surface area contributed by atoms with Crippen molar-refractivity contribution in [2.45, 2.75) is 6.54 Å². The lowest BCUT2D eigenvalue weighted by molar-refractivity contribution is -0.117. The molecule has 0 aliphatic heterocycles. The molecule has 32 heavy (non-hydrogen) atoms. The minimum Gasteiger partial charge on any atom is -0.495 e. The Labute approximate surface area is 184 Å². The zero-order chi connectivity index (χ0) is 22.3. The minimum atomic E-state index is -0.446. The fraction of sp³-hybridized carbons (Fsp3) is 0.130. The van der Waals surface area contributed by atoms with Gasteiger partial charge in [0, 0.05) is 0 Å². The average molecular weight is 431 g/mol. The summed E-state index contributed by atoms with van der Waals surface area (Å²) in [5.41, 5.74) is 1.35. The second-order valence-corrected chi connectivity index (χ2v) is 6.84. The number of para-hydroxylation sites is 3. The summed E-state index contributed by atoms with van der Waals surface area (Å²) < 4.78 is 10.6. The molecule has 0 saturated carbocycles. The highest BCUT2D eigenvalue weighted by Gasteiger charge is 2.23. The van der Waals surface area contributed by atoms with E-state index in [-0.39, 0.29) is 24.7 Å². The van der Waals surface area contributed by atoms with Crippen LogP contribution in [0.25, 0.3) is 5.69 Å². The van der Waals surface area contributed by atoms with Crippen LogP contribution in [0, 0.1) is 0 Å². The molecule has 0 aliphatic rings. The number of furan rings is 1. The summed E-state index contributed by atoms with van der Waals surface area (Å²) in [5.74, 6) is 0.234. The molecule has 9 nitrogen and oxygen atoms in total. The summed E-state index contributed by atoms with van der Waals surface area (Å²) in [6, 6.07) is 19.7. The van der Waals surface area contributed by atoms with Crippen molar-refractivity contribution < 1.29 is 18.7 Å². The van der Waals surface area contributed by atoms with Gasteiger partial charge in [0.1, 0.15) is 18.1 Å². The molecular weight excluding hydrogens is 410 g/mol. The molecule has 2 aromatic carbocycles. The van der Waals surface area contributed by atoms with E-state index in [1.165, 1.54) is 29.3 Å². The Balaban J connectivity index is 1.53. The van der Waals surface area contributed by atoms with E-state index in [2.05, 4.69) is 15.5 Å². The van der Waals surface area contributed by atoms with Crippen LogP contribution in [0.1, 0.15) is 16.2 Å². The van der Waals surface area contributed by atoms with Crippen LogP contribution in [0.4, 0.5) is 5.69 Å². The molecule has 0 spiro atoms. The highest BCUT2D eigenvalue weighted by atomic mass is 16.5. The van der Waals surface area contributed by atoms with Gasteiger partial charge < -0.3 is 19.4 Å². The van der Waals surface area contributed by atoms with Gasteiger partial charge in [-0.3, -0.25) is 9.59 Å². The van der Waals surface area contributed by atoms with Crippen LogP contribution in [0.3, 0.4) is 0 Å². The standard InChI is InChI=1S/C23H21N5O4/c1-31-21-12-6-5-11-19(21)25-22(29)16-27(15-18-10-7-13-32-18)23(30)20-14-24-28(26-20)17-8-3-2-4-9-17/h2-14H,15-16H2,1H3,(H,25,29). The van der Waals surface area contributed by atoms with Crippen LogP contribution in [0.15, 0.2) is 83.6 Å². The highest BCUT2D eigenvalue weighted by molar-refractivity contribution is 5.98. The molecule has 2 amide bonds. The van der Waals surface area contributed by atoms with Gasteiger partial charge in [-0.1, -0.05) is 30.3 Å². The molecule has 0 saturated heterocycles. The number of anilines is 1. The van der Waals surface area contributed by atoms with Gasteiger partial charge in [-0.25, -0.2) is 0 Å². The number of aromatic nitrogens is 3. The number of methoxy groups -OCH3 is 1. The van der Waals surface area contributed by atoms with Gasteiger partial charge in [0.2, 0.25) is 5.91 Å². The number of nitrogens with one attached hydrogen (secondary N) is 1. The predicted octanol–water partition coefficient (Wildman–Crippen LogP) is 3.15. The first-order valence-corrected chi connectivity index (χ1v) is 9.86. The van der Waals surface area contributed by atoms with E-state index >= 15 is 0 Å². The van der Waals surface area contributed by atoms with E-state index in [9.17, 15) is 9.59 Å². The van der Waals surface area contributed by atoms with Crippen LogP contribution >= 0.6 is 0 Å². The molecule has 4 aromatic rings. The molecule has 2 heterocycles. The van der Waals surface area contributed by atoms with E-state index in [1.54, 1.807) is 36.4 Å². The van der Waals surface area contributed by atoms with Crippen LogP contribution in [-0.4, -0.2) is 45.4 Å². The molecule has 9 heteroatoms. The van der Waals surface area contributed by atoms with Crippen LogP contribution < -0.4 is 10.1 Å². The number of hydrogen-bond donors (Lipinski definition) is 1. The van der Waals surface area contributed by atoms with Crippen molar-refractivity contribution in [3.8, 4) is 11.4 Å². The first kappa shape index (κ1) is 20.9.